The van der Waals surface area contributed by atoms with Crippen LogP contribution in [0.3, 0.4) is 0 Å². The van der Waals surface area contributed by atoms with E-state index in [1.54, 1.807) is 0 Å². The molecule has 1 aromatic carbocycles. The minimum atomic E-state index is -1.68. The molecule has 0 spiro atoms. The zero-order valence-electron chi connectivity index (χ0n) is 7.52. The summed E-state index contributed by atoms with van der Waals surface area (Å²) in [5.41, 5.74) is 5.07. The Labute approximate surface area is 96.2 Å². The second kappa shape index (κ2) is 4.81. The van der Waals surface area contributed by atoms with Crippen molar-refractivity contribution in [2.24, 2.45) is 5.73 Å². The first-order valence-electron chi connectivity index (χ1n) is 4.03. The molecule has 2 unspecified atom stereocenters. The summed E-state index contributed by atoms with van der Waals surface area (Å²) in [5.74, 6) is -1.02. The van der Waals surface area contributed by atoms with Crippen molar-refractivity contribution in [1.82, 2.24) is 0 Å². The van der Waals surface area contributed by atoms with Gasteiger partial charge in [0.1, 0.15) is 6.10 Å². The van der Waals surface area contributed by atoms with E-state index < -0.39 is 18.1 Å². The third kappa shape index (κ3) is 3.07. The van der Waals surface area contributed by atoms with E-state index in [1.165, 1.54) is 18.2 Å². The van der Waals surface area contributed by atoms with Gasteiger partial charge in [0, 0.05) is 10.0 Å². The molecule has 82 valence electrons. The Balaban J connectivity index is 3.00. The molecule has 15 heavy (non-hydrogen) atoms. The van der Waals surface area contributed by atoms with Gasteiger partial charge in [-0.25, -0.2) is 0 Å². The molecule has 1 aromatic rings. The van der Waals surface area contributed by atoms with E-state index in [4.69, 9.17) is 28.9 Å². The number of benzene rings is 1. The molecule has 0 heterocycles. The molecule has 4 N–H and O–H groups in total. The number of aliphatic hydroxyl groups is 2. The highest BCUT2D eigenvalue weighted by molar-refractivity contribution is 6.34. The molecule has 0 fully saturated rings. The van der Waals surface area contributed by atoms with Gasteiger partial charge < -0.3 is 15.9 Å². The molecule has 0 saturated heterocycles. The topological polar surface area (TPSA) is 83.6 Å². The summed E-state index contributed by atoms with van der Waals surface area (Å²) in [6, 6.07) is 4.25. The average Bonchev–Trinajstić information content (AvgIpc) is 2.13. The Hall–Kier alpha value is -0.810. The SMILES string of the molecule is NC(=O)C(O)C(O)c1cc(Cl)cc(Cl)c1. The third-order valence-electron chi connectivity index (χ3n) is 1.82. The van der Waals surface area contributed by atoms with Gasteiger partial charge in [-0.1, -0.05) is 23.2 Å². The average molecular weight is 250 g/mol. The molecule has 0 aliphatic heterocycles. The largest absolute Gasteiger partial charge is 0.385 e. The number of amides is 1. The number of halogens is 2. The van der Waals surface area contributed by atoms with E-state index in [1.807, 2.05) is 0 Å². The number of aliphatic hydroxyl groups excluding tert-OH is 2. The second-order valence-electron chi connectivity index (χ2n) is 2.99. The molecular formula is C9H9Cl2NO3. The summed E-state index contributed by atoms with van der Waals surface area (Å²) in [4.78, 5) is 10.6. The van der Waals surface area contributed by atoms with E-state index in [0.717, 1.165) is 0 Å². The van der Waals surface area contributed by atoms with Crippen LogP contribution in [0.5, 0.6) is 0 Å². The molecule has 0 bridgehead atoms. The lowest BCUT2D eigenvalue weighted by atomic mass is 10.0. The van der Waals surface area contributed by atoms with E-state index >= 15 is 0 Å². The summed E-state index contributed by atoms with van der Waals surface area (Å²) in [7, 11) is 0. The Morgan fingerprint density at radius 3 is 2.07 bits per heavy atom. The quantitative estimate of drug-likeness (QED) is 0.744. The summed E-state index contributed by atoms with van der Waals surface area (Å²) >= 11 is 11.4. The standard InChI is InChI=1S/C9H9Cl2NO3/c10-5-1-4(2-6(11)3-5)7(13)8(14)9(12)15/h1-3,7-8,13-14H,(H2,12,15). The molecule has 0 aliphatic rings. The van der Waals surface area contributed by atoms with Gasteiger partial charge in [0.15, 0.2) is 6.10 Å². The van der Waals surface area contributed by atoms with E-state index in [0.29, 0.717) is 10.0 Å². The summed E-state index contributed by atoms with van der Waals surface area (Å²) in [6.45, 7) is 0. The van der Waals surface area contributed by atoms with Crippen molar-refractivity contribution in [1.29, 1.82) is 0 Å². The molecule has 4 nitrogen and oxygen atoms in total. The lowest BCUT2D eigenvalue weighted by molar-refractivity contribution is -0.131. The van der Waals surface area contributed by atoms with Gasteiger partial charge in [-0.2, -0.15) is 0 Å². The van der Waals surface area contributed by atoms with Gasteiger partial charge in [0.05, 0.1) is 0 Å². The van der Waals surface area contributed by atoms with Crippen molar-refractivity contribution in [2.75, 3.05) is 0 Å². The fourth-order valence-corrected chi connectivity index (χ4v) is 1.63. The highest BCUT2D eigenvalue weighted by atomic mass is 35.5. The van der Waals surface area contributed by atoms with Crippen LogP contribution in [-0.2, 0) is 4.79 Å². The van der Waals surface area contributed by atoms with Crippen LogP contribution in [0.25, 0.3) is 0 Å². The number of primary amides is 1. The summed E-state index contributed by atoms with van der Waals surface area (Å²) < 4.78 is 0. The highest BCUT2D eigenvalue weighted by Gasteiger charge is 2.23. The predicted octanol–water partition coefficient (Wildman–Crippen LogP) is 0.873. The van der Waals surface area contributed by atoms with Crippen molar-refractivity contribution in [2.45, 2.75) is 12.2 Å². The fraction of sp³-hybridized carbons (Fsp3) is 0.222. The highest BCUT2D eigenvalue weighted by Crippen LogP contribution is 2.25. The first-order valence-corrected chi connectivity index (χ1v) is 4.79. The molecule has 6 heteroatoms. The van der Waals surface area contributed by atoms with Gasteiger partial charge in [0.25, 0.3) is 0 Å². The van der Waals surface area contributed by atoms with Crippen LogP contribution in [0, 0.1) is 0 Å². The number of hydrogen-bond acceptors (Lipinski definition) is 3. The zero-order chi connectivity index (χ0) is 11.6. The Morgan fingerprint density at radius 2 is 1.67 bits per heavy atom. The van der Waals surface area contributed by atoms with Crippen LogP contribution in [0.2, 0.25) is 10.0 Å². The molecule has 0 radical (unpaired) electrons. The van der Waals surface area contributed by atoms with Crippen LogP contribution in [0.15, 0.2) is 18.2 Å². The summed E-state index contributed by atoms with van der Waals surface area (Å²) in [5, 5.41) is 19.4. The van der Waals surface area contributed by atoms with Crippen LogP contribution >= 0.6 is 23.2 Å². The maximum Gasteiger partial charge on any atom is 0.249 e. The van der Waals surface area contributed by atoms with Crippen molar-refractivity contribution in [3.63, 3.8) is 0 Å². The molecular weight excluding hydrogens is 241 g/mol. The van der Waals surface area contributed by atoms with Crippen molar-refractivity contribution >= 4 is 29.1 Å². The molecule has 2 atom stereocenters. The molecule has 1 amide bonds. The number of carbonyl (C=O) groups is 1. The van der Waals surface area contributed by atoms with Crippen molar-refractivity contribution in [3.05, 3.63) is 33.8 Å². The van der Waals surface area contributed by atoms with Crippen LogP contribution in [0.4, 0.5) is 0 Å². The van der Waals surface area contributed by atoms with Gasteiger partial charge in [-0.15, -0.1) is 0 Å². The monoisotopic (exact) mass is 249 g/mol. The number of carbonyl (C=O) groups excluding carboxylic acids is 1. The molecule has 0 aliphatic carbocycles. The zero-order valence-corrected chi connectivity index (χ0v) is 9.03. The minimum Gasteiger partial charge on any atom is -0.385 e. The van der Waals surface area contributed by atoms with Gasteiger partial charge in [0.2, 0.25) is 5.91 Å². The maximum atomic E-state index is 10.6. The molecule has 1 rings (SSSR count). The first-order chi connectivity index (χ1) is 6.91. The smallest absolute Gasteiger partial charge is 0.249 e. The summed E-state index contributed by atoms with van der Waals surface area (Å²) in [6.07, 6.45) is -3.11. The normalized spacial score (nSPS) is 14.7. The number of rotatable bonds is 3. The van der Waals surface area contributed by atoms with Crippen molar-refractivity contribution < 1.29 is 15.0 Å². The van der Waals surface area contributed by atoms with Crippen LogP contribution in [-0.4, -0.2) is 22.2 Å². The van der Waals surface area contributed by atoms with Crippen LogP contribution < -0.4 is 5.73 Å². The number of hydrogen-bond donors (Lipinski definition) is 3. The Kier molecular flexibility index (Phi) is 3.93. The lowest BCUT2D eigenvalue weighted by Gasteiger charge is -2.15. The first kappa shape index (κ1) is 12.3. The second-order valence-corrected chi connectivity index (χ2v) is 3.87. The third-order valence-corrected chi connectivity index (χ3v) is 2.25. The van der Waals surface area contributed by atoms with Crippen LogP contribution in [0.1, 0.15) is 11.7 Å². The Bertz CT molecular complexity index is 363. The van der Waals surface area contributed by atoms with E-state index in [9.17, 15) is 15.0 Å². The fourth-order valence-electron chi connectivity index (χ4n) is 1.08. The lowest BCUT2D eigenvalue weighted by Crippen LogP contribution is -2.33. The van der Waals surface area contributed by atoms with Gasteiger partial charge in [-0.05, 0) is 23.8 Å². The predicted molar refractivity (Wildman–Crippen MR) is 56.6 cm³/mol. The maximum absolute atomic E-state index is 10.6. The van der Waals surface area contributed by atoms with Gasteiger partial charge >= 0.3 is 0 Å². The van der Waals surface area contributed by atoms with E-state index in [-0.39, 0.29) is 5.56 Å². The van der Waals surface area contributed by atoms with E-state index in [2.05, 4.69) is 0 Å². The molecule has 0 saturated carbocycles. The Morgan fingerprint density at radius 1 is 1.20 bits per heavy atom. The number of nitrogens with two attached hydrogens (primary N) is 1. The molecule has 0 aromatic heterocycles. The van der Waals surface area contributed by atoms with Crippen molar-refractivity contribution in [3.8, 4) is 0 Å². The minimum absolute atomic E-state index is 0.235. The van der Waals surface area contributed by atoms with Gasteiger partial charge in [-0.3, -0.25) is 4.79 Å².